The van der Waals surface area contributed by atoms with Gasteiger partial charge in [-0.15, -0.1) is 5.10 Å². The molecular formula is C18H22N6O6. The van der Waals surface area contributed by atoms with Crippen LogP contribution in [0.4, 0.5) is 5.95 Å². The van der Waals surface area contributed by atoms with Crippen LogP contribution in [0.5, 0.6) is 5.75 Å². The first-order valence-electron chi connectivity index (χ1n) is 8.75. The molecule has 12 heteroatoms. The van der Waals surface area contributed by atoms with Crippen LogP contribution in [-0.2, 0) is 25.4 Å². The number of carboxylic acids is 1. The van der Waals surface area contributed by atoms with Crippen LogP contribution in [0.2, 0.25) is 0 Å². The van der Waals surface area contributed by atoms with Crippen molar-refractivity contribution < 1.29 is 24.7 Å². The number of aryl methyl sites for hydroxylation is 1. The molecule has 1 aromatic carbocycles. The lowest BCUT2D eigenvalue weighted by atomic mass is 10.2. The molecule has 160 valence electrons. The quantitative estimate of drug-likeness (QED) is 0.206. The summed E-state index contributed by atoms with van der Waals surface area (Å²) in [5.41, 5.74) is 3.19. The third-order valence-electron chi connectivity index (χ3n) is 4.02. The van der Waals surface area contributed by atoms with Crippen molar-refractivity contribution in [2.24, 2.45) is 19.2 Å². The van der Waals surface area contributed by atoms with E-state index in [1.54, 1.807) is 19.2 Å². The Morgan fingerprint density at radius 2 is 1.87 bits per heavy atom. The van der Waals surface area contributed by atoms with E-state index >= 15 is 0 Å². The molecule has 4 N–H and O–H groups in total. The predicted octanol–water partition coefficient (Wildman–Crippen LogP) is -2.25. The van der Waals surface area contributed by atoms with Gasteiger partial charge in [-0.1, -0.05) is 0 Å². The van der Waals surface area contributed by atoms with Crippen LogP contribution in [0.25, 0.3) is 11.2 Å². The van der Waals surface area contributed by atoms with E-state index in [1.165, 1.54) is 34.5 Å². The summed E-state index contributed by atoms with van der Waals surface area (Å²) in [5.74, 6) is -0.578. The van der Waals surface area contributed by atoms with Gasteiger partial charge in [0.2, 0.25) is 11.2 Å². The summed E-state index contributed by atoms with van der Waals surface area (Å²) in [6.07, 6.45) is 1.53. The average Bonchev–Trinajstić information content (AvgIpc) is 3.05. The Morgan fingerprint density at radius 1 is 1.27 bits per heavy atom. The minimum Gasteiger partial charge on any atom is -0.550 e. The van der Waals surface area contributed by atoms with Crippen molar-refractivity contribution in [3.05, 3.63) is 50.7 Å². The lowest BCUT2D eigenvalue weighted by Crippen LogP contribution is -2.45. The molecule has 0 spiro atoms. The lowest BCUT2D eigenvalue weighted by Gasteiger charge is -2.02. The van der Waals surface area contributed by atoms with Crippen LogP contribution < -0.4 is 26.3 Å². The molecule has 0 radical (unpaired) electrons. The van der Waals surface area contributed by atoms with E-state index in [4.69, 9.17) is 9.90 Å². The largest absolute Gasteiger partial charge is 0.550 e. The van der Waals surface area contributed by atoms with Gasteiger partial charge in [-0.05, 0) is 36.8 Å². The number of fused-ring (bicyclic) bond motifs is 1. The topological polar surface area (TPSA) is 169 Å². The number of rotatable bonds is 5. The van der Waals surface area contributed by atoms with Gasteiger partial charge < -0.3 is 20.1 Å². The molecule has 3 rings (SSSR count). The van der Waals surface area contributed by atoms with Gasteiger partial charge in [0.1, 0.15) is 5.75 Å². The molecule has 2 aromatic heterocycles. The van der Waals surface area contributed by atoms with Gasteiger partial charge >= 0.3 is 11.6 Å². The van der Waals surface area contributed by atoms with Crippen molar-refractivity contribution in [2.75, 3.05) is 12.0 Å². The zero-order valence-corrected chi connectivity index (χ0v) is 16.6. The summed E-state index contributed by atoms with van der Waals surface area (Å²) in [7, 11) is 2.95. The van der Waals surface area contributed by atoms with Gasteiger partial charge in [-0.2, -0.15) is 5.43 Å². The molecule has 0 unspecified atom stereocenters. The van der Waals surface area contributed by atoms with Crippen molar-refractivity contribution in [2.45, 2.75) is 13.5 Å². The fourth-order valence-corrected chi connectivity index (χ4v) is 2.64. The number of nitrogens with one attached hydrogen (secondary N) is 2. The Hall–Kier alpha value is -3.93. The number of aromatic nitrogens is 4. The van der Waals surface area contributed by atoms with Gasteiger partial charge in [-0.25, -0.2) is 14.3 Å². The molecular weight excluding hydrogens is 396 g/mol. The Morgan fingerprint density at radius 3 is 2.43 bits per heavy atom. The summed E-state index contributed by atoms with van der Waals surface area (Å²) in [6, 6.07) is 6.45. The lowest BCUT2D eigenvalue weighted by molar-refractivity contribution is -0.659. The van der Waals surface area contributed by atoms with E-state index in [2.05, 4.69) is 15.5 Å². The van der Waals surface area contributed by atoms with Crippen molar-refractivity contribution in [3.63, 3.8) is 0 Å². The monoisotopic (exact) mass is 418 g/mol. The number of phenols is 1. The molecule has 0 saturated carbocycles. The Kier molecular flexibility index (Phi) is 7.09. The third-order valence-corrected chi connectivity index (χ3v) is 4.02. The number of hydrogen-bond acceptors (Lipinski definition) is 8. The zero-order valence-electron chi connectivity index (χ0n) is 16.6. The van der Waals surface area contributed by atoms with E-state index in [-0.39, 0.29) is 24.4 Å². The van der Waals surface area contributed by atoms with E-state index in [1.807, 2.05) is 0 Å². The number of carboxylic acid groups (broad SMARTS) is 1. The number of aliphatic hydroxyl groups excluding tert-OH is 1. The predicted molar refractivity (Wildman–Crippen MR) is 106 cm³/mol. The molecule has 0 aliphatic carbocycles. The van der Waals surface area contributed by atoms with Gasteiger partial charge in [0.25, 0.3) is 5.56 Å². The van der Waals surface area contributed by atoms with Crippen LogP contribution in [0.3, 0.4) is 0 Å². The van der Waals surface area contributed by atoms with E-state index in [0.717, 1.165) is 17.1 Å². The molecule has 2 heterocycles. The fraction of sp³-hybridized carbons (Fsp3) is 0.278. The smallest absolute Gasteiger partial charge is 0.381 e. The molecule has 0 atom stereocenters. The minimum atomic E-state index is -1.08. The molecule has 30 heavy (non-hydrogen) atoms. The van der Waals surface area contributed by atoms with E-state index in [9.17, 15) is 19.8 Å². The first kappa shape index (κ1) is 22.4. The first-order chi connectivity index (χ1) is 14.2. The van der Waals surface area contributed by atoms with Crippen LogP contribution >= 0.6 is 0 Å². The number of benzene rings is 1. The van der Waals surface area contributed by atoms with Gasteiger partial charge in [0.05, 0.1) is 19.4 Å². The molecule has 0 amide bonds. The summed E-state index contributed by atoms with van der Waals surface area (Å²) in [5, 5.41) is 31.6. The van der Waals surface area contributed by atoms with Crippen LogP contribution in [-0.4, -0.2) is 43.1 Å². The Bertz CT molecular complexity index is 1190. The van der Waals surface area contributed by atoms with Gasteiger partial charge in [0, 0.05) is 20.1 Å². The normalized spacial score (nSPS) is 10.8. The van der Waals surface area contributed by atoms with Gasteiger partial charge in [-0.3, -0.25) is 13.9 Å². The van der Waals surface area contributed by atoms with Crippen molar-refractivity contribution in [1.82, 2.24) is 14.1 Å². The molecule has 0 saturated heterocycles. The molecule has 12 nitrogen and oxygen atoms in total. The molecule has 0 bridgehead atoms. The third kappa shape index (κ3) is 4.91. The SMILES string of the molecule is CC(=O)[O-].Cn1c(=O)c2c([nH]c(N/N=C/c3ccc(O)cc3)[n+]2CCO)n(C)c1=O. The summed E-state index contributed by atoms with van der Waals surface area (Å²) >= 11 is 0. The van der Waals surface area contributed by atoms with Crippen molar-refractivity contribution in [3.8, 4) is 5.75 Å². The number of hydrogen-bond donors (Lipinski definition) is 4. The second-order valence-corrected chi connectivity index (χ2v) is 6.20. The number of nitrogens with zero attached hydrogens (tertiary/aromatic N) is 4. The average molecular weight is 418 g/mol. The maximum Gasteiger partial charge on any atom is 0.381 e. The standard InChI is InChI=1S/C16H18N6O4.C2H4O2/c1-20-13-12(14(25)21(2)16(20)26)22(7-8-23)15(18-13)19-17-9-10-3-5-11(24)6-4-10;1-2(3)4/h3-6,9,23H,7-8H2,1-2H3,(H2,17,18,19,24,25);1H3,(H,3,4). The Labute approximate surface area is 170 Å². The second-order valence-electron chi connectivity index (χ2n) is 6.20. The number of H-pyrrole nitrogens is 1. The molecule has 0 aliphatic rings. The van der Waals surface area contributed by atoms with E-state index < -0.39 is 17.2 Å². The number of imidazole rings is 1. The van der Waals surface area contributed by atoms with Crippen molar-refractivity contribution in [1.29, 1.82) is 0 Å². The number of carbonyl (C=O) groups is 1. The van der Waals surface area contributed by atoms with E-state index in [0.29, 0.717) is 11.6 Å². The zero-order chi connectivity index (χ0) is 22.4. The number of aliphatic hydroxyl groups is 1. The maximum atomic E-state index is 12.5. The summed E-state index contributed by atoms with van der Waals surface area (Å²) in [4.78, 5) is 36.4. The Balaban J connectivity index is 0.000000735. The number of carbonyl (C=O) groups excluding carboxylic acids is 1. The number of hydrazone groups is 1. The highest BCUT2D eigenvalue weighted by atomic mass is 16.4. The molecule has 3 aromatic rings. The number of aromatic amines is 1. The highest BCUT2D eigenvalue weighted by Gasteiger charge is 2.23. The highest BCUT2D eigenvalue weighted by Crippen LogP contribution is 2.09. The number of phenolic OH excluding ortho intramolecular Hbond substituents is 1. The number of anilines is 1. The first-order valence-corrected chi connectivity index (χ1v) is 8.75. The number of aliphatic carboxylic acids is 1. The number of aromatic hydroxyl groups is 1. The van der Waals surface area contributed by atoms with Gasteiger partial charge in [0.15, 0.2) is 0 Å². The van der Waals surface area contributed by atoms with Crippen LogP contribution in [0.15, 0.2) is 39.0 Å². The summed E-state index contributed by atoms with van der Waals surface area (Å²) < 4.78 is 3.86. The van der Waals surface area contributed by atoms with Crippen LogP contribution in [0.1, 0.15) is 12.5 Å². The van der Waals surface area contributed by atoms with Crippen molar-refractivity contribution >= 4 is 29.3 Å². The highest BCUT2D eigenvalue weighted by molar-refractivity contribution is 5.80. The fourth-order valence-electron chi connectivity index (χ4n) is 2.64. The minimum absolute atomic E-state index is 0.143. The second kappa shape index (κ2) is 9.52. The summed E-state index contributed by atoms with van der Waals surface area (Å²) in [6.45, 7) is 0.921. The van der Waals surface area contributed by atoms with Crippen LogP contribution in [0, 0.1) is 0 Å². The molecule has 0 aliphatic heterocycles. The molecule has 0 fully saturated rings. The maximum absolute atomic E-state index is 12.5.